The molecule has 2 aliphatic heterocycles. The molecule has 2 amide bonds. The van der Waals surface area contributed by atoms with Crippen molar-refractivity contribution in [3.8, 4) is 11.5 Å². The lowest BCUT2D eigenvalue weighted by atomic mass is 9.78. The maximum absolute atomic E-state index is 9.85. The second-order valence-corrected chi connectivity index (χ2v) is 8.44. The van der Waals surface area contributed by atoms with Crippen LogP contribution in [-0.2, 0) is 14.9 Å². The van der Waals surface area contributed by atoms with E-state index in [0.717, 1.165) is 24.7 Å². The SMILES string of the molecule is CC(C)(c1ccc(OCC2CO2)cc1)c1ccc(OCC2CO2)cc1.CN(C)C(N)=O. The van der Waals surface area contributed by atoms with Gasteiger partial charge in [-0.05, 0) is 35.4 Å². The molecule has 2 aromatic rings. The van der Waals surface area contributed by atoms with E-state index in [1.807, 2.05) is 24.3 Å². The first-order valence-corrected chi connectivity index (χ1v) is 10.4. The Bertz CT molecular complexity index is 780. The van der Waals surface area contributed by atoms with E-state index in [9.17, 15) is 4.79 Å². The van der Waals surface area contributed by atoms with E-state index < -0.39 is 6.03 Å². The van der Waals surface area contributed by atoms with Gasteiger partial charge in [0.15, 0.2) is 0 Å². The maximum Gasteiger partial charge on any atom is 0.314 e. The van der Waals surface area contributed by atoms with Crippen LogP contribution in [-0.4, -0.2) is 63.7 Å². The first-order valence-electron chi connectivity index (χ1n) is 10.4. The number of epoxide rings is 2. The molecule has 7 heteroatoms. The van der Waals surface area contributed by atoms with Crippen molar-refractivity contribution in [3.63, 3.8) is 0 Å². The average Bonchev–Trinajstić information content (AvgIpc) is 3.67. The molecule has 2 saturated heterocycles. The second kappa shape index (κ2) is 10.0. The molecule has 31 heavy (non-hydrogen) atoms. The van der Waals surface area contributed by atoms with E-state index in [2.05, 4.69) is 38.1 Å². The maximum atomic E-state index is 9.85. The van der Waals surface area contributed by atoms with Crippen molar-refractivity contribution < 1.29 is 23.7 Å². The molecule has 2 aliphatic rings. The Morgan fingerprint density at radius 3 is 1.48 bits per heavy atom. The highest BCUT2D eigenvalue weighted by atomic mass is 16.6. The van der Waals surface area contributed by atoms with Gasteiger partial charge in [-0.2, -0.15) is 0 Å². The molecule has 2 heterocycles. The Morgan fingerprint density at radius 2 is 1.23 bits per heavy atom. The predicted octanol–water partition coefficient (Wildman–Crippen LogP) is 3.19. The molecule has 168 valence electrons. The molecule has 2 N–H and O–H groups in total. The van der Waals surface area contributed by atoms with Gasteiger partial charge < -0.3 is 29.6 Å². The Kier molecular flexibility index (Phi) is 7.41. The lowest BCUT2D eigenvalue weighted by molar-refractivity contribution is 0.227. The standard InChI is InChI=1S/C21H24O4.C3H8N2O/c1-21(2,15-3-7-17(8-4-15)22-11-19-13-24-19)16-5-9-18(10-6-16)23-12-20-14-25-20;1-5(2)3(4)6/h3-10,19-20H,11-14H2,1-2H3;1-2H3,(H2,4,6). The first kappa shape index (κ1) is 22.9. The van der Waals surface area contributed by atoms with Crippen molar-refractivity contribution in [1.82, 2.24) is 4.90 Å². The summed E-state index contributed by atoms with van der Waals surface area (Å²) in [4.78, 5) is 11.2. The largest absolute Gasteiger partial charge is 0.491 e. The van der Waals surface area contributed by atoms with Gasteiger partial charge >= 0.3 is 6.03 Å². The number of hydrogen-bond donors (Lipinski definition) is 1. The summed E-state index contributed by atoms with van der Waals surface area (Å²) in [5, 5.41) is 0. The highest BCUT2D eigenvalue weighted by Gasteiger charge is 2.25. The van der Waals surface area contributed by atoms with Crippen LogP contribution in [0.2, 0.25) is 0 Å². The molecule has 2 fully saturated rings. The number of rotatable bonds is 8. The van der Waals surface area contributed by atoms with Crippen molar-refractivity contribution in [2.24, 2.45) is 5.73 Å². The lowest BCUT2D eigenvalue weighted by Crippen LogP contribution is -2.27. The zero-order valence-corrected chi connectivity index (χ0v) is 18.7. The number of nitrogens with zero attached hydrogens (tertiary/aromatic N) is 1. The highest BCUT2D eigenvalue weighted by molar-refractivity contribution is 5.71. The van der Waals surface area contributed by atoms with Gasteiger partial charge in [-0.25, -0.2) is 4.79 Å². The number of carbonyl (C=O) groups is 1. The van der Waals surface area contributed by atoms with E-state index in [0.29, 0.717) is 13.2 Å². The Morgan fingerprint density at radius 1 is 0.903 bits per heavy atom. The van der Waals surface area contributed by atoms with Crippen molar-refractivity contribution in [3.05, 3.63) is 59.7 Å². The van der Waals surface area contributed by atoms with E-state index in [-0.39, 0.29) is 17.6 Å². The van der Waals surface area contributed by atoms with Crippen LogP contribution in [0.5, 0.6) is 11.5 Å². The van der Waals surface area contributed by atoms with Gasteiger partial charge in [0, 0.05) is 19.5 Å². The van der Waals surface area contributed by atoms with Gasteiger partial charge in [0.25, 0.3) is 0 Å². The second-order valence-electron chi connectivity index (χ2n) is 8.44. The molecule has 0 aromatic heterocycles. The van der Waals surface area contributed by atoms with E-state index >= 15 is 0 Å². The summed E-state index contributed by atoms with van der Waals surface area (Å²) in [6.45, 7) is 7.37. The van der Waals surface area contributed by atoms with E-state index in [1.165, 1.54) is 16.0 Å². The molecule has 4 rings (SSSR count). The topological polar surface area (TPSA) is 89.8 Å². The molecule has 2 atom stereocenters. The van der Waals surface area contributed by atoms with Crippen LogP contribution in [0, 0.1) is 0 Å². The van der Waals surface area contributed by atoms with Crippen molar-refractivity contribution in [2.75, 3.05) is 40.5 Å². The van der Waals surface area contributed by atoms with Crippen LogP contribution in [0.3, 0.4) is 0 Å². The number of ether oxygens (including phenoxy) is 4. The summed E-state index contributed by atoms with van der Waals surface area (Å²) >= 11 is 0. The molecule has 0 bridgehead atoms. The highest BCUT2D eigenvalue weighted by Crippen LogP contribution is 2.33. The van der Waals surface area contributed by atoms with Gasteiger partial charge in [0.2, 0.25) is 0 Å². The molecule has 7 nitrogen and oxygen atoms in total. The minimum Gasteiger partial charge on any atom is -0.491 e. The molecule has 0 spiro atoms. The number of nitrogens with two attached hydrogens (primary N) is 1. The number of primary amides is 1. The van der Waals surface area contributed by atoms with Crippen LogP contribution in [0.25, 0.3) is 0 Å². The minimum atomic E-state index is -0.407. The van der Waals surface area contributed by atoms with Crippen LogP contribution in [0.15, 0.2) is 48.5 Å². The summed E-state index contributed by atoms with van der Waals surface area (Å²) in [5.74, 6) is 1.78. The zero-order valence-electron chi connectivity index (χ0n) is 18.7. The van der Waals surface area contributed by atoms with Gasteiger partial charge in [-0.15, -0.1) is 0 Å². The summed E-state index contributed by atoms with van der Waals surface area (Å²) < 4.78 is 21.8. The van der Waals surface area contributed by atoms with Crippen molar-refractivity contribution in [2.45, 2.75) is 31.5 Å². The van der Waals surface area contributed by atoms with Crippen LogP contribution in [0.4, 0.5) is 4.79 Å². The number of hydrogen-bond acceptors (Lipinski definition) is 5. The summed E-state index contributed by atoms with van der Waals surface area (Å²) in [6.07, 6.45) is 0.562. The van der Waals surface area contributed by atoms with Crippen LogP contribution < -0.4 is 15.2 Å². The summed E-state index contributed by atoms with van der Waals surface area (Å²) in [7, 11) is 3.20. The fourth-order valence-corrected chi connectivity index (χ4v) is 2.81. The smallest absolute Gasteiger partial charge is 0.314 e. The number of benzene rings is 2. The monoisotopic (exact) mass is 428 g/mol. The van der Waals surface area contributed by atoms with Crippen molar-refractivity contribution >= 4 is 6.03 Å². The van der Waals surface area contributed by atoms with E-state index in [4.69, 9.17) is 24.7 Å². The lowest BCUT2D eigenvalue weighted by Gasteiger charge is -2.26. The van der Waals surface area contributed by atoms with Crippen LogP contribution in [0.1, 0.15) is 25.0 Å². The van der Waals surface area contributed by atoms with Gasteiger partial charge in [0.1, 0.15) is 36.9 Å². The number of amides is 2. The Balaban J connectivity index is 0.000000401. The summed E-state index contributed by atoms with van der Waals surface area (Å²) in [6, 6.07) is 16.3. The Hall–Kier alpha value is -2.77. The molecular weight excluding hydrogens is 396 g/mol. The third-order valence-electron chi connectivity index (χ3n) is 5.27. The van der Waals surface area contributed by atoms with E-state index in [1.54, 1.807) is 14.1 Å². The Labute approximate surface area is 184 Å². The van der Waals surface area contributed by atoms with Gasteiger partial charge in [-0.3, -0.25) is 0 Å². The quantitative estimate of drug-likeness (QED) is 0.652. The van der Waals surface area contributed by atoms with Crippen LogP contribution >= 0.6 is 0 Å². The molecule has 2 aromatic carbocycles. The molecular formula is C24H32N2O5. The van der Waals surface area contributed by atoms with Crippen molar-refractivity contribution in [1.29, 1.82) is 0 Å². The fourth-order valence-electron chi connectivity index (χ4n) is 2.81. The number of urea groups is 1. The molecule has 0 radical (unpaired) electrons. The van der Waals surface area contributed by atoms with Gasteiger partial charge in [0.05, 0.1) is 13.2 Å². The fraction of sp³-hybridized carbons (Fsp3) is 0.458. The molecule has 2 unspecified atom stereocenters. The zero-order chi connectivity index (χ0) is 22.4. The first-order chi connectivity index (χ1) is 14.8. The van der Waals surface area contributed by atoms with Gasteiger partial charge in [-0.1, -0.05) is 38.1 Å². The predicted molar refractivity (Wildman–Crippen MR) is 119 cm³/mol. The third kappa shape index (κ3) is 7.15. The molecule has 0 aliphatic carbocycles. The minimum absolute atomic E-state index is 0.0870. The average molecular weight is 429 g/mol. The summed E-state index contributed by atoms with van der Waals surface area (Å²) in [5.41, 5.74) is 7.14. The number of carbonyl (C=O) groups excluding carboxylic acids is 1. The molecule has 0 saturated carbocycles. The normalized spacial score (nSPS) is 19.0. The third-order valence-corrected chi connectivity index (χ3v) is 5.27.